The summed E-state index contributed by atoms with van der Waals surface area (Å²) >= 11 is 1.52. The molecule has 5 rings (SSSR count). The zero-order chi connectivity index (χ0) is 25.5. The first kappa shape index (κ1) is 25.2. The molecule has 0 unspecified atom stereocenters. The average Bonchev–Trinajstić information content (AvgIpc) is 3.36. The number of para-hydroxylation sites is 1. The number of thiazole rings is 1. The second-order valence-electron chi connectivity index (χ2n) is 8.76. The van der Waals surface area contributed by atoms with Crippen molar-refractivity contribution in [1.82, 2.24) is 9.88 Å². The lowest BCUT2D eigenvalue weighted by atomic mass is 10.2. The summed E-state index contributed by atoms with van der Waals surface area (Å²) in [5.74, 6) is 2.18. The van der Waals surface area contributed by atoms with Crippen LogP contribution in [-0.4, -0.2) is 61.8 Å². The Hall–Kier alpha value is -3.46. The molecule has 0 saturated carbocycles. The fourth-order valence-corrected chi connectivity index (χ4v) is 5.29. The lowest BCUT2D eigenvalue weighted by Gasteiger charge is -2.27. The van der Waals surface area contributed by atoms with Crippen LogP contribution < -0.4 is 14.4 Å². The van der Waals surface area contributed by atoms with E-state index >= 15 is 0 Å². The van der Waals surface area contributed by atoms with Gasteiger partial charge in [-0.1, -0.05) is 29.5 Å². The Balaban J connectivity index is 1.35. The lowest BCUT2D eigenvalue weighted by Crippen LogP contribution is -2.39. The minimum Gasteiger partial charge on any atom is -0.494 e. The van der Waals surface area contributed by atoms with Crippen molar-refractivity contribution >= 4 is 32.6 Å². The number of nitrogens with zero attached hydrogens (tertiary/aromatic N) is 3. The summed E-state index contributed by atoms with van der Waals surface area (Å²) in [7, 11) is 0. The van der Waals surface area contributed by atoms with Gasteiger partial charge in [0.25, 0.3) is 5.91 Å². The molecule has 7 nitrogen and oxygen atoms in total. The quantitative estimate of drug-likeness (QED) is 0.263. The SMILES string of the molecule is CCOc1ccc2nc(N(CCCN3CCOCC3)C(=O)c3ccc(Oc4ccccc4)cc3)sc2c1. The monoisotopic (exact) mass is 517 g/mol. The summed E-state index contributed by atoms with van der Waals surface area (Å²) in [6.07, 6.45) is 0.848. The van der Waals surface area contributed by atoms with Crippen LogP contribution in [0, 0.1) is 0 Å². The highest BCUT2D eigenvalue weighted by atomic mass is 32.1. The third-order valence-corrected chi connectivity index (χ3v) is 7.22. The summed E-state index contributed by atoms with van der Waals surface area (Å²) in [4.78, 5) is 22.7. The van der Waals surface area contributed by atoms with E-state index in [-0.39, 0.29) is 5.91 Å². The Morgan fingerprint density at radius 1 is 1.00 bits per heavy atom. The van der Waals surface area contributed by atoms with Crippen LogP contribution in [-0.2, 0) is 4.74 Å². The van der Waals surface area contributed by atoms with Crippen molar-refractivity contribution in [1.29, 1.82) is 0 Å². The first-order chi connectivity index (χ1) is 18.2. The third-order valence-electron chi connectivity index (χ3n) is 6.18. The molecule has 1 aromatic heterocycles. The number of hydrogen-bond acceptors (Lipinski definition) is 7. The number of morpholine rings is 1. The van der Waals surface area contributed by atoms with Crippen molar-refractivity contribution in [2.24, 2.45) is 0 Å². The van der Waals surface area contributed by atoms with Gasteiger partial charge in [0.2, 0.25) is 0 Å². The van der Waals surface area contributed by atoms with Gasteiger partial charge in [0.05, 0.1) is 30.0 Å². The molecule has 8 heteroatoms. The number of fused-ring (bicyclic) bond motifs is 1. The van der Waals surface area contributed by atoms with Gasteiger partial charge >= 0.3 is 0 Å². The molecule has 1 aliphatic rings. The summed E-state index contributed by atoms with van der Waals surface area (Å²) in [5, 5.41) is 0.695. The van der Waals surface area contributed by atoms with E-state index in [0.717, 1.165) is 61.0 Å². The largest absolute Gasteiger partial charge is 0.494 e. The minimum absolute atomic E-state index is 0.0719. The number of benzene rings is 3. The molecule has 37 heavy (non-hydrogen) atoms. The van der Waals surface area contributed by atoms with E-state index in [9.17, 15) is 4.79 Å². The second kappa shape index (κ2) is 12.2. The van der Waals surface area contributed by atoms with Crippen molar-refractivity contribution in [2.75, 3.05) is 50.9 Å². The third kappa shape index (κ3) is 6.46. The number of hydrogen-bond donors (Lipinski definition) is 0. The van der Waals surface area contributed by atoms with Crippen LogP contribution in [0.2, 0.25) is 0 Å². The fraction of sp³-hybridized carbons (Fsp3) is 0.310. The fourth-order valence-electron chi connectivity index (χ4n) is 4.27. The van der Waals surface area contributed by atoms with Gasteiger partial charge in [-0.2, -0.15) is 0 Å². The van der Waals surface area contributed by atoms with E-state index < -0.39 is 0 Å². The predicted octanol–water partition coefficient (Wildman–Crippen LogP) is 5.86. The molecule has 4 aromatic rings. The molecular formula is C29H31N3O4S. The second-order valence-corrected chi connectivity index (χ2v) is 9.77. The molecule has 1 saturated heterocycles. The number of anilines is 1. The maximum absolute atomic E-state index is 13.7. The maximum atomic E-state index is 13.7. The van der Waals surface area contributed by atoms with E-state index in [1.54, 1.807) is 4.90 Å². The smallest absolute Gasteiger partial charge is 0.260 e. The highest BCUT2D eigenvalue weighted by molar-refractivity contribution is 7.22. The van der Waals surface area contributed by atoms with Gasteiger partial charge in [-0.25, -0.2) is 4.98 Å². The van der Waals surface area contributed by atoms with Crippen molar-refractivity contribution in [2.45, 2.75) is 13.3 Å². The number of aromatic nitrogens is 1. The summed E-state index contributed by atoms with van der Waals surface area (Å²) in [6, 6.07) is 22.8. The molecule has 0 N–H and O–H groups in total. The van der Waals surface area contributed by atoms with Crippen LogP contribution in [0.4, 0.5) is 5.13 Å². The van der Waals surface area contributed by atoms with Gasteiger partial charge in [0.15, 0.2) is 5.13 Å². The van der Waals surface area contributed by atoms with Gasteiger partial charge in [-0.05, 0) is 67.9 Å². The van der Waals surface area contributed by atoms with Gasteiger partial charge in [0, 0.05) is 31.7 Å². The molecule has 0 bridgehead atoms. The summed E-state index contributed by atoms with van der Waals surface area (Å²) in [6.45, 7) is 7.45. The Kier molecular flexibility index (Phi) is 8.30. The Labute approximate surface area is 221 Å². The molecule has 2 heterocycles. The minimum atomic E-state index is -0.0719. The van der Waals surface area contributed by atoms with Crippen molar-refractivity contribution in [3.05, 3.63) is 78.4 Å². The van der Waals surface area contributed by atoms with Crippen LogP contribution in [0.1, 0.15) is 23.7 Å². The lowest BCUT2D eigenvalue weighted by molar-refractivity contribution is 0.0376. The molecule has 0 spiro atoms. The molecule has 0 aliphatic carbocycles. The zero-order valence-electron chi connectivity index (χ0n) is 21.0. The van der Waals surface area contributed by atoms with Crippen molar-refractivity contribution in [3.63, 3.8) is 0 Å². The molecule has 1 fully saturated rings. The number of amides is 1. The predicted molar refractivity (Wildman–Crippen MR) is 147 cm³/mol. The van der Waals surface area contributed by atoms with Crippen LogP contribution >= 0.6 is 11.3 Å². The van der Waals surface area contributed by atoms with Gasteiger partial charge in [-0.3, -0.25) is 14.6 Å². The van der Waals surface area contributed by atoms with E-state index in [1.165, 1.54) is 11.3 Å². The standard InChI is InChI=1S/C29H31N3O4S/c1-2-35-25-13-14-26-27(21-25)37-29(30-26)32(16-6-15-31-17-19-34-20-18-31)28(33)22-9-11-24(12-10-22)36-23-7-4-3-5-8-23/h3-5,7-14,21H,2,6,15-20H2,1H3. The van der Waals surface area contributed by atoms with Crippen LogP contribution in [0.3, 0.4) is 0 Å². The molecule has 0 atom stereocenters. The maximum Gasteiger partial charge on any atom is 0.260 e. The number of carbonyl (C=O) groups excluding carboxylic acids is 1. The number of rotatable bonds is 10. The van der Waals surface area contributed by atoms with Crippen molar-refractivity contribution in [3.8, 4) is 17.2 Å². The van der Waals surface area contributed by atoms with Gasteiger partial charge in [-0.15, -0.1) is 0 Å². The molecule has 3 aromatic carbocycles. The van der Waals surface area contributed by atoms with E-state index in [2.05, 4.69) is 4.90 Å². The van der Waals surface area contributed by atoms with E-state index in [1.807, 2.05) is 79.7 Å². The van der Waals surface area contributed by atoms with Gasteiger partial charge < -0.3 is 14.2 Å². The molecular weight excluding hydrogens is 486 g/mol. The molecule has 1 amide bonds. The van der Waals surface area contributed by atoms with Crippen LogP contribution in [0.25, 0.3) is 10.2 Å². The Morgan fingerprint density at radius 3 is 2.49 bits per heavy atom. The normalized spacial score (nSPS) is 14.0. The first-order valence-corrected chi connectivity index (χ1v) is 13.5. The van der Waals surface area contributed by atoms with E-state index in [0.29, 0.717) is 29.6 Å². The highest BCUT2D eigenvalue weighted by Crippen LogP contribution is 2.33. The van der Waals surface area contributed by atoms with Crippen LogP contribution in [0.15, 0.2) is 72.8 Å². The molecule has 1 aliphatic heterocycles. The Morgan fingerprint density at radius 2 is 1.73 bits per heavy atom. The number of carbonyl (C=O) groups is 1. The zero-order valence-corrected chi connectivity index (χ0v) is 21.8. The summed E-state index contributed by atoms with van der Waals surface area (Å²) in [5.41, 5.74) is 1.46. The molecule has 0 radical (unpaired) electrons. The topological polar surface area (TPSA) is 64.1 Å². The average molecular weight is 518 g/mol. The van der Waals surface area contributed by atoms with Crippen molar-refractivity contribution < 1.29 is 19.0 Å². The van der Waals surface area contributed by atoms with E-state index in [4.69, 9.17) is 19.2 Å². The summed E-state index contributed by atoms with van der Waals surface area (Å²) < 4.78 is 18.0. The number of ether oxygens (including phenoxy) is 3. The van der Waals surface area contributed by atoms with Gasteiger partial charge in [0.1, 0.15) is 17.2 Å². The highest BCUT2D eigenvalue weighted by Gasteiger charge is 2.22. The first-order valence-electron chi connectivity index (χ1n) is 12.7. The Bertz CT molecular complexity index is 1300. The van der Waals surface area contributed by atoms with Crippen LogP contribution in [0.5, 0.6) is 17.2 Å². The molecule has 192 valence electrons.